The Morgan fingerprint density at radius 1 is 0.475 bits per heavy atom. The molecule has 25 nitrogen and oxygen atoms in total. The normalized spacial score (nSPS) is 14.9. The van der Waals surface area contributed by atoms with Crippen LogP contribution >= 0.6 is 0 Å². The monoisotopic (exact) mass is 1130 g/mol. The zero-order valence-electron chi connectivity index (χ0n) is 48.3. The van der Waals surface area contributed by atoms with E-state index in [4.69, 9.17) is 5.73 Å². The molecule has 2 rings (SSSR count). The fourth-order valence-electron chi connectivity index (χ4n) is 8.71. The lowest BCUT2D eigenvalue weighted by molar-refractivity contribution is -0.143. The van der Waals surface area contributed by atoms with Crippen LogP contribution in [0.25, 0.3) is 10.9 Å². The molecule has 9 atom stereocenters. The van der Waals surface area contributed by atoms with Gasteiger partial charge >= 0.3 is 11.9 Å². The lowest BCUT2D eigenvalue weighted by atomic mass is 9.97. The second kappa shape index (κ2) is 33.4. The first-order valence-corrected chi connectivity index (χ1v) is 27.4. The summed E-state index contributed by atoms with van der Waals surface area (Å²) in [6, 6.07) is -4.96. The molecule has 0 saturated carbocycles. The highest BCUT2D eigenvalue weighted by atomic mass is 16.4. The largest absolute Gasteiger partial charge is 0.481 e. The summed E-state index contributed by atoms with van der Waals surface area (Å²) >= 11 is 0. The van der Waals surface area contributed by atoms with Gasteiger partial charge in [-0.25, -0.2) is 4.79 Å². The molecule has 1 aromatic carbocycles. The van der Waals surface area contributed by atoms with E-state index < -0.39 is 151 Å². The average molecular weight is 1130 g/mol. The van der Waals surface area contributed by atoms with Crippen molar-refractivity contribution in [1.29, 1.82) is 0 Å². The number of nitrogens with two attached hydrogens (primary N) is 1. The third-order valence-corrected chi connectivity index (χ3v) is 12.9. The maximum absolute atomic E-state index is 14.3. The van der Waals surface area contributed by atoms with Crippen LogP contribution in [0.5, 0.6) is 0 Å². The van der Waals surface area contributed by atoms with Crippen molar-refractivity contribution in [3.63, 3.8) is 0 Å². The predicted octanol–water partition coefficient (Wildman–Crippen LogP) is 0.470. The van der Waals surface area contributed by atoms with E-state index in [2.05, 4.69) is 52.8 Å². The number of hydrogen-bond acceptors (Lipinski definition) is 13. The number of amides is 9. The van der Waals surface area contributed by atoms with E-state index in [1.807, 2.05) is 52.0 Å². The number of aliphatic carboxylic acids is 2. The van der Waals surface area contributed by atoms with Crippen molar-refractivity contribution in [2.75, 3.05) is 13.2 Å². The number of aromatic amines is 1. The Hall–Kier alpha value is -7.15. The molecule has 448 valence electrons. The zero-order valence-corrected chi connectivity index (χ0v) is 48.3. The molecule has 80 heavy (non-hydrogen) atoms. The second-order valence-electron chi connectivity index (χ2n) is 22.7. The number of fused-ring (bicyclic) bond motifs is 1. The minimum Gasteiger partial charge on any atom is -0.481 e. The number of carboxylic acid groups (broad SMARTS) is 2. The van der Waals surface area contributed by atoms with Crippen LogP contribution in [-0.4, -0.2) is 153 Å². The summed E-state index contributed by atoms with van der Waals surface area (Å²) in [4.78, 5) is 151. The molecule has 2 aromatic rings. The minimum atomic E-state index is -1.73. The Kier molecular flexibility index (Phi) is 28.8. The lowest BCUT2D eigenvalue weighted by Crippen LogP contribution is -2.62. The topological polar surface area (TPSA) is 399 Å². The third kappa shape index (κ3) is 23.3. The number of rotatable bonds is 35. The number of aliphatic hydroxyl groups excluding tert-OH is 1. The number of H-pyrrole nitrogens is 1. The van der Waals surface area contributed by atoms with Crippen LogP contribution in [0.1, 0.15) is 127 Å². The maximum Gasteiger partial charge on any atom is 0.326 e. The smallest absolute Gasteiger partial charge is 0.326 e. The number of carbonyl (C=O) groups is 11. The Morgan fingerprint density at radius 3 is 1.30 bits per heavy atom. The molecule has 0 aliphatic rings. The van der Waals surface area contributed by atoms with E-state index in [1.165, 1.54) is 0 Å². The molecule has 1 aromatic heterocycles. The maximum atomic E-state index is 14.3. The van der Waals surface area contributed by atoms with Crippen LogP contribution < -0.4 is 53.6 Å². The van der Waals surface area contributed by atoms with E-state index in [9.17, 15) is 68.1 Å². The van der Waals surface area contributed by atoms with Gasteiger partial charge in [-0.05, 0) is 79.2 Å². The van der Waals surface area contributed by atoms with Gasteiger partial charge < -0.3 is 73.9 Å². The molecule has 25 heteroatoms. The van der Waals surface area contributed by atoms with E-state index in [1.54, 1.807) is 61.6 Å². The number of aromatic nitrogens is 1. The highest BCUT2D eigenvalue weighted by Gasteiger charge is 2.37. The van der Waals surface area contributed by atoms with Gasteiger partial charge in [0.05, 0.1) is 13.2 Å². The van der Waals surface area contributed by atoms with E-state index in [-0.39, 0.29) is 62.3 Å². The van der Waals surface area contributed by atoms with Gasteiger partial charge in [0.25, 0.3) is 0 Å². The van der Waals surface area contributed by atoms with Gasteiger partial charge in [0.2, 0.25) is 53.2 Å². The first kappa shape index (κ1) is 69.0. The van der Waals surface area contributed by atoms with Gasteiger partial charge in [-0.2, -0.15) is 0 Å². The number of aliphatic hydroxyl groups is 1. The van der Waals surface area contributed by atoms with Crippen LogP contribution in [0.3, 0.4) is 0 Å². The first-order chi connectivity index (χ1) is 37.4. The van der Waals surface area contributed by atoms with Gasteiger partial charge in [0.15, 0.2) is 0 Å². The quantitative estimate of drug-likeness (QED) is 0.0446. The fraction of sp³-hybridized carbons (Fsp3) is 0.655. The second-order valence-corrected chi connectivity index (χ2v) is 22.7. The van der Waals surface area contributed by atoms with Crippen molar-refractivity contribution in [2.45, 2.75) is 182 Å². The number of benzene rings is 1. The summed E-state index contributed by atoms with van der Waals surface area (Å²) in [7, 11) is 0. The molecule has 0 radical (unpaired) electrons. The number of para-hydroxylation sites is 1. The molecule has 0 aliphatic carbocycles. The number of carbonyl (C=O) groups excluding carboxylic acids is 9. The van der Waals surface area contributed by atoms with Crippen LogP contribution in [0.4, 0.5) is 0 Å². The molecular weight excluding hydrogens is 1040 g/mol. The molecule has 1 heterocycles. The molecule has 0 saturated heterocycles. The third-order valence-electron chi connectivity index (χ3n) is 12.9. The summed E-state index contributed by atoms with van der Waals surface area (Å²) < 4.78 is 0. The van der Waals surface area contributed by atoms with Gasteiger partial charge in [-0.3, -0.25) is 47.9 Å². The molecule has 9 amide bonds. The van der Waals surface area contributed by atoms with Gasteiger partial charge in [-0.15, -0.1) is 0 Å². The molecule has 0 bridgehead atoms. The Bertz CT molecular complexity index is 2440. The molecule has 0 fully saturated rings. The van der Waals surface area contributed by atoms with Crippen LogP contribution in [0, 0.1) is 35.5 Å². The van der Waals surface area contributed by atoms with Gasteiger partial charge in [-0.1, -0.05) is 101 Å². The summed E-state index contributed by atoms with van der Waals surface area (Å²) in [5, 5.41) is 53.7. The highest BCUT2D eigenvalue weighted by molar-refractivity contribution is 5.99. The Balaban J connectivity index is 2.40. The molecule has 0 spiro atoms. The van der Waals surface area contributed by atoms with E-state index in [0.717, 1.165) is 10.9 Å². The van der Waals surface area contributed by atoms with Crippen molar-refractivity contribution in [3.05, 3.63) is 36.0 Å². The van der Waals surface area contributed by atoms with Crippen molar-refractivity contribution >= 4 is 76.0 Å². The van der Waals surface area contributed by atoms with Crippen molar-refractivity contribution < 1.29 is 68.1 Å². The van der Waals surface area contributed by atoms with Crippen LogP contribution in [0.15, 0.2) is 30.5 Å². The standard InChI is InChI=1S/C55H89N11O14/c1-27(2)19-37(58-43(68)24-56)51(75)66-46(32(11)12)54(78)64-42(26-67)52(76)59-36(17-18-44(69)70)47(71)65-45(31(9)10)53(77)62-39(21-29(5)6)49(73)60-38(20-28(3)4)48(72)61-40(50(74)63-41(55(79)80)22-30(7)8)23-33-25-57-35-16-14-13-15-34(33)35/h13-16,25,27-32,36-42,45-46,57,67H,17-24,26,56H2,1-12H3,(H,58,68)(H,59,76)(H,60,73)(H,61,72)(H,62,77)(H,63,74)(H,64,78)(H,65,71)(H,66,75)(H,69,70)(H,79,80)/t36-,37-,38-,39-,40-,41-,42-,45-,46-/m0/s1. The average Bonchev–Trinajstić information content (AvgIpc) is 3.78. The summed E-state index contributed by atoms with van der Waals surface area (Å²) in [6.07, 6.45) is 0.914. The molecule has 0 aliphatic heterocycles. The SMILES string of the molecule is CC(C)C[C@H](NC(=O)[C@H](Cc1c[nH]c2ccccc12)NC(=O)[C@H](CC(C)C)NC(=O)[C@H](CC(C)C)NC(=O)[C@@H](NC(=O)[C@H](CCC(=O)O)NC(=O)[C@H](CO)NC(=O)[C@@H](NC(=O)[C@H](CC(C)C)NC(=O)CN)C(C)C)C(C)C)C(=O)O. The molecule has 0 unspecified atom stereocenters. The minimum absolute atomic E-state index is 0.0423. The van der Waals surface area contributed by atoms with Gasteiger partial charge in [0.1, 0.15) is 54.4 Å². The number of nitrogens with one attached hydrogen (secondary N) is 10. The lowest BCUT2D eigenvalue weighted by Gasteiger charge is -2.30. The van der Waals surface area contributed by atoms with Crippen molar-refractivity contribution in [2.24, 2.45) is 41.2 Å². The fourth-order valence-corrected chi connectivity index (χ4v) is 8.71. The predicted molar refractivity (Wildman–Crippen MR) is 298 cm³/mol. The Labute approximate surface area is 468 Å². The number of hydrogen-bond donors (Lipinski definition) is 14. The van der Waals surface area contributed by atoms with Crippen LogP contribution in [0.2, 0.25) is 0 Å². The summed E-state index contributed by atoms with van der Waals surface area (Å²) in [5.74, 6) is -11.9. The highest BCUT2D eigenvalue weighted by Crippen LogP contribution is 2.20. The molecular formula is C55H89N11O14. The van der Waals surface area contributed by atoms with Crippen LogP contribution in [-0.2, 0) is 59.2 Å². The van der Waals surface area contributed by atoms with Gasteiger partial charge in [0, 0.05) is 29.9 Å². The Morgan fingerprint density at radius 2 is 0.850 bits per heavy atom. The summed E-state index contributed by atoms with van der Waals surface area (Å²) in [5.41, 5.74) is 6.86. The van der Waals surface area contributed by atoms with Crippen molar-refractivity contribution in [1.82, 2.24) is 52.8 Å². The zero-order chi connectivity index (χ0) is 60.7. The first-order valence-electron chi connectivity index (χ1n) is 27.4. The van der Waals surface area contributed by atoms with Crippen molar-refractivity contribution in [3.8, 4) is 0 Å². The van der Waals surface area contributed by atoms with E-state index >= 15 is 0 Å². The van der Waals surface area contributed by atoms with E-state index in [0.29, 0.717) is 5.56 Å². The summed E-state index contributed by atoms with van der Waals surface area (Å²) in [6.45, 7) is 19.4. The number of carboxylic acids is 2. The molecule has 15 N–H and O–H groups in total.